The van der Waals surface area contributed by atoms with Gasteiger partial charge >= 0.3 is 8.80 Å². The summed E-state index contributed by atoms with van der Waals surface area (Å²) in [7, 11) is -3.19. The molecule has 0 aliphatic rings. The van der Waals surface area contributed by atoms with E-state index in [0.29, 0.717) is 19.8 Å². The SMILES string of the molecule is CCO[Si](CN(C(O)C(C)O)C(O)C(C)O)(OCC)OCC. The molecule has 0 aliphatic heterocycles. The van der Waals surface area contributed by atoms with Crippen molar-refractivity contribution in [2.24, 2.45) is 0 Å². The molecule has 0 bridgehead atoms. The van der Waals surface area contributed by atoms with Crippen LogP contribution >= 0.6 is 0 Å². The second kappa shape index (κ2) is 10.6. The molecule has 0 saturated heterocycles. The Morgan fingerprint density at radius 2 is 1.09 bits per heavy atom. The third-order valence-corrected chi connectivity index (χ3v) is 5.95. The molecule has 0 heterocycles. The molecular formula is C13H31NO7Si. The minimum Gasteiger partial charge on any atom is -0.389 e. The summed E-state index contributed by atoms with van der Waals surface area (Å²) in [6.45, 7) is 9.18. The first-order valence-electron chi connectivity index (χ1n) is 7.64. The van der Waals surface area contributed by atoms with E-state index in [-0.39, 0.29) is 6.17 Å². The molecule has 4 unspecified atom stereocenters. The van der Waals surface area contributed by atoms with Gasteiger partial charge in [0.1, 0.15) is 12.5 Å². The number of hydrogen-bond donors (Lipinski definition) is 4. The predicted molar refractivity (Wildman–Crippen MR) is 82.7 cm³/mol. The van der Waals surface area contributed by atoms with Crippen LogP contribution in [-0.2, 0) is 13.3 Å². The van der Waals surface area contributed by atoms with Crippen molar-refractivity contribution in [2.45, 2.75) is 59.3 Å². The molecule has 22 heavy (non-hydrogen) atoms. The van der Waals surface area contributed by atoms with Gasteiger partial charge in [0.15, 0.2) is 0 Å². The Bertz CT molecular complexity index is 263. The molecule has 0 saturated carbocycles. The second-order valence-corrected chi connectivity index (χ2v) is 7.51. The normalized spacial score (nSPS) is 18.3. The van der Waals surface area contributed by atoms with E-state index in [1.807, 2.05) is 0 Å². The fraction of sp³-hybridized carbons (Fsp3) is 1.00. The largest absolute Gasteiger partial charge is 0.515 e. The Balaban J connectivity index is 5.40. The van der Waals surface area contributed by atoms with Gasteiger partial charge < -0.3 is 33.7 Å². The molecule has 0 aromatic carbocycles. The molecule has 0 radical (unpaired) electrons. The molecule has 9 heteroatoms. The summed E-state index contributed by atoms with van der Waals surface area (Å²) < 4.78 is 17.0. The number of hydrogen-bond acceptors (Lipinski definition) is 8. The Morgan fingerprint density at radius 3 is 1.32 bits per heavy atom. The fourth-order valence-electron chi connectivity index (χ4n) is 2.04. The zero-order valence-corrected chi connectivity index (χ0v) is 15.1. The van der Waals surface area contributed by atoms with Gasteiger partial charge in [-0.05, 0) is 34.6 Å². The highest BCUT2D eigenvalue weighted by Gasteiger charge is 2.46. The number of nitrogens with zero attached hydrogens (tertiary/aromatic N) is 1. The van der Waals surface area contributed by atoms with Gasteiger partial charge in [-0.15, -0.1) is 0 Å². The molecule has 0 fully saturated rings. The highest BCUT2D eigenvalue weighted by atomic mass is 28.4. The van der Waals surface area contributed by atoms with E-state index in [9.17, 15) is 20.4 Å². The van der Waals surface area contributed by atoms with E-state index in [1.54, 1.807) is 20.8 Å². The molecular weight excluding hydrogens is 310 g/mol. The molecule has 134 valence electrons. The Labute approximate surface area is 133 Å². The zero-order valence-electron chi connectivity index (χ0n) is 14.1. The standard InChI is InChI=1S/C13H31NO7Si/c1-6-19-22(20-7-2,21-8-3)9-14(12(17)10(4)15)13(18)11(5)16/h10-13,15-18H,6-9H2,1-5H3. The van der Waals surface area contributed by atoms with Gasteiger partial charge in [0.25, 0.3) is 0 Å². The van der Waals surface area contributed by atoms with Crippen molar-refractivity contribution in [1.29, 1.82) is 0 Å². The molecule has 0 rings (SSSR count). The van der Waals surface area contributed by atoms with Crippen LogP contribution in [0.5, 0.6) is 0 Å². The third kappa shape index (κ3) is 6.57. The smallest absolute Gasteiger partial charge is 0.389 e. The average molecular weight is 341 g/mol. The number of aliphatic hydroxyl groups is 4. The third-order valence-electron chi connectivity index (χ3n) is 3.01. The first-order chi connectivity index (χ1) is 10.2. The minimum atomic E-state index is -3.19. The fourth-order valence-corrected chi connectivity index (χ4v) is 4.71. The van der Waals surface area contributed by atoms with E-state index in [0.717, 1.165) is 4.90 Å². The van der Waals surface area contributed by atoms with Crippen LogP contribution < -0.4 is 0 Å². The summed E-state index contributed by atoms with van der Waals surface area (Å²) in [6, 6.07) is 0. The lowest BCUT2D eigenvalue weighted by atomic mass is 10.2. The lowest BCUT2D eigenvalue weighted by Crippen LogP contribution is -2.62. The summed E-state index contributed by atoms with van der Waals surface area (Å²) in [5.41, 5.74) is 0. The minimum absolute atomic E-state index is 0.0549. The molecule has 4 atom stereocenters. The van der Waals surface area contributed by atoms with Crippen LogP contribution in [0.2, 0.25) is 0 Å². The van der Waals surface area contributed by atoms with Crippen LogP contribution in [-0.4, -0.2) is 84.8 Å². The lowest BCUT2D eigenvalue weighted by Gasteiger charge is -2.39. The van der Waals surface area contributed by atoms with Crippen LogP contribution in [0.15, 0.2) is 0 Å². The van der Waals surface area contributed by atoms with Gasteiger partial charge in [-0.2, -0.15) is 0 Å². The van der Waals surface area contributed by atoms with Crippen molar-refractivity contribution in [2.75, 3.05) is 26.0 Å². The average Bonchev–Trinajstić information content (AvgIpc) is 2.44. The first kappa shape index (κ1) is 21.9. The van der Waals surface area contributed by atoms with Gasteiger partial charge in [-0.25, -0.2) is 4.90 Å². The van der Waals surface area contributed by atoms with E-state index in [1.165, 1.54) is 13.8 Å². The van der Waals surface area contributed by atoms with Crippen molar-refractivity contribution >= 4 is 8.80 Å². The lowest BCUT2D eigenvalue weighted by molar-refractivity contribution is -0.170. The zero-order chi connectivity index (χ0) is 17.3. The van der Waals surface area contributed by atoms with Crippen LogP contribution in [0, 0.1) is 0 Å². The van der Waals surface area contributed by atoms with Crippen molar-refractivity contribution < 1.29 is 33.7 Å². The molecule has 0 aromatic heterocycles. The maximum absolute atomic E-state index is 10.1. The highest BCUT2D eigenvalue weighted by molar-refractivity contribution is 6.60. The van der Waals surface area contributed by atoms with Crippen molar-refractivity contribution in [3.8, 4) is 0 Å². The maximum atomic E-state index is 10.1. The number of aliphatic hydroxyl groups excluding tert-OH is 4. The second-order valence-electron chi connectivity index (χ2n) is 4.96. The van der Waals surface area contributed by atoms with Gasteiger partial charge in [-0.3, -0.25) is 0 Å². The molecule has 0 amide bonds. The Kier molecular flexibility index (Phi) is 10.6. The maximum Gasteiger partial charge on any atom is 0.515 e. The van der Waals surface area contributed by atoms with E-state index < -0.39 is 33.5 Å². The van der Waals surface area contributed by atoms with Crippen molar-refractivity contribution in [1.82, 2.24) is 4.90 Å². The summed E-state index contributed by atoms with van der Waals surface area (Å²) in [5, 5.41) is 39.5. The molecule has 8 nitrogen and oxygen atoms in total. The number of rotatable bonds is 12. The van der Waals surface area contributed by atoms with Crippen molar-refractivity contribution in [3.05, 3.63) is 0 Å². The Hall–Kier alpha value is -0.103. The summed E-state index contributed by atoms with van der Waals surface area (Å²) in [5.74, 6) is 0. The quantitative estimate of drug-likeness (QED) is 0.272. The summed E-state index contributed by atoms with van der Waals surface area (Å²) in [6.07, 6.45) is -5.11. The molecule has 4 N–H and O–H groups in total. The Morgan fingerprint density at radius 1 is 0.773 bits per heavy atom. The van der Waals surface area contributed by atoms with E-state index >= 15 is 0 Å². The van der Waals surface area contributed by atoms with Crippen LogP contribution in [0.25, 0.3) is 0 Å². The van der Waals surface area contributed by atoms with E-state index in [2.05, 4.69) is 0 Å². The van der Waals surface area contributed by atoms with Gasteiger partial charge in [0.2, 0.25) is 0 Å². The van der Waals surface area contributed by atoms with Crippen LogP contribution in [0.1, 0.15) is 34.6 Å². The van der Waals surface area contributed by atoms with Crippen LogP contribution in [0.4, 0.5) is 0 Å². The molecule has 0 aliphatic carbocycles. The monoisotopic (exact) mass is 341 g/mol. The topological polar surface area (TPSA) is 112 Å². The predicted octanol–water partition coefficient (Wildman–Crippen LogP) is -0.726. The van der Waals surface area contributed by atoms with Crippen LogP contribution in [0.3, 0.4) is 0 Å². The van der Waals surface area contributed by atoms with Gasteiger partial charge in [-0.1, -0.05) is 0 Å². The van der Waals surface area contributed by atoms with Crippen molar-refractivity contribution in [3.63, 3.8) is 0 Å². The molecule has 0 spiro atoms. The summed E-state index contributed by atoms with van der Waals surface area (Å²) in [4.78, 5) is 1.14. The van der Waals surface area contributed by atoms with E-state index in [4.69, 9.17) is 13.3 Å². The van der Waals surface area contributed by atoms with Gasteiger partial charge in [0.05, 0.1) is 18.4 Å². The first-order valence-corrected chi connectivity index (χ1v) is 9.57. The summed E-state index contributed by atoms with van der Waals surface area (Å²) >= 11 is 0. The highest BCUT2D eigenvalue weighted by Crippen LogP contribution is 2.18. The molecule has 0 aromatic rings. The van der Waals surface area contributed by atoms with Gasteiger partial charge in [0, 0.05) is 19.8 Å².